The first-order valence-electron chi connectivity index (χ1n) is 9.06. The summed E-state index contributed by atoms with van der Waals surface area (Å²) in [5.74, 6) is -3.10. The molecule has 2 aliphatic rings. The van der Waals surface area contributed by atoms with Gasteiger partial charge >= 0.3 is 12.4 Å². The third-order valence-corrected chi connectivity index (χ3v) is 4.84. The highest BCUT2D eigenvalue weighted by molar-refractivity contribution is 6.02. The zero-order valence-electron chi connectivity index (χ0n) is 15.8. The van der Waals surface area contributed by atoms with E-state index in [4.69, 9.17) is 11.1 Å². The summed E-state index contributed by atoms with van der Waals surface area (Å²) < 4.78 is 104. The Balaban J connectivity index is 2.25. The number of hydrogen-bond donors (Lipinski definition) is 3. The van der Waals surface area contributed by atoms with Crippen molar-refractivity contribution in [1.29, 1.82) is 5.41 Å². The SMILES string of the molecule is N=C(CC(=O)NC(C1=C(F)CC(F)C=C1)C(N)C1C=CC(C(F)(F)F)=CC1)C(F)(F)F. The van der Waals surface area contributed by atoms with E-state index in [0.717, 1.165) is 30.4 Å². The third kappa shape index (κ3) is 6.49. The Morgan fingerprint density at radius 3 is 2.32 bits per heavy atom. The van der Waals surface area contributed by atoms with Crippen LogP contribution >= 0.6 is 0 Å². The minimum Gasteiger partial charge on any atom is -0.347 e. The second-order valence-electron chi connectivity index (χ2n) is 7.13. The molecule has 0 heterocycles. The summed E-state index contributed by atoms with van der Waals surface area (Å²) in [4.78, 5) is 12.1. The lowest BCUT2D eigenvalue weighted by Gasteiger charge is -2.33. The Kier molecular flexibility index (Phi) is 7.45. The number of nitrogens with two attached hydrogens (primary N) is 1. The number of rotatable bonds is 6. The van der Waals surface area contributed by atoms with E-state index in [1.807, 2.05) is 0 Å². The molecule has 2 rings (SSSR count). The van der Waals surface area contributed by atoms with Crippen molar-refractivity contribution < 1.29 is 39.9 Å². The molecule has 4 unspecified atom stereocenters. The number of hydrogen-bond acceptors (Lipinski definition) is 3. The van der Waals surface area contributed by atoms with Gasteiger partial charge in [0.25, 0.3) is 0 Å². The number of amides is 1. The van der Waals surface area contributed by atoms with E-state index in [1.54, 1.807) is 0 Å². The van der Waals surface area contributed by atoms with Gasteiger partial charge in [-0.05, 0) is 18.4 Å². The topological polar surface area (TPSA) is 79.0 Å². The van der Waals surface area contributed by atoms with Crippen LogP contribution in [0.2, 0.25) is 0 Å². The number of nitrogens with one attached hydrogen (secondary N) is 2. The highest BCUT2D eigenvalue weighted by Crippen LogP contribution is 2.34. The van der Waals surface area contributed by atoms with E-state index in [0.29, 0.717) is 0 Å². The van der Waals surface area contributed by atoms with Crippen molar-refractivity contribution >= 4 is 11.6 Å². The van der Waals surface area contributed by atoms with Crippen molar-refractivity contribution in [3.8, 4) is 0 Å². The van der Waals surface area contributed by atoms with E-state index in [-0.39, 0.29) is 12.0 Å². The molecule has 0 fully saturated rings. The standard InChI is InChI=1S/C19H19F8N3O/c20-11-5-6-12(13(21)7-11)17(30-15(31)8-14(28)19(25,26)27)16(29)9-1-3-10(4-2-9)18(22,23)24/h1,3-6,9,11,16-17,28H,2,7-8,29H2,(H,30,31). The van der Waals surface area contributed by atoms with Crippen LogP contribution in [-0.2, 0) is 4.79 Å². The molecule has 0 aromatic heterocycles. The van der Waals surface area contributed by atoms with Gasteiger partial charge in [0.05, 0.1) is 18.0 Å². The molecule has 2 aliphatic carbocycles. The fourth-order valence-corrected chi connectivity index (χ4v) is 3.17. The highest BCUT2D eigenvalue weighted by Gasteiger charge is 2.38. The first-order chi connectivity index (χ1) is 14.2. The van der Waals surface area contributed by atoms with Crippen LogP contribution in [0.15, 0.2) is 47.4 Å². The molecule has 0 aromatic carbocycles. The zero-order valence-corrected chi connectivity index (χ0v) is 15.8. The van der Waals surface area contributed by atoms with Gasteiger partial charge in [-0.2, -0.15) is 26.3 Å². The molecule has 0 spiro atoms. The van der Waals surface area contributed by atoms with Crippen LogP contribution in [0.3, 0.4) is 0 Å². The second kappa shape index (κ2) is 9.33. The highest BCUT2D eigenvalue weighted by atomic mass is 19.4. The predicted molar refractivity (Wildman–Crippen MR) is 96.5 cm³/mol. The monoisotopic (exact) mass is 457 g/mol. The van der Waals surface area contributed by atoms with Crippen molar-refractivity contribution in [3.05, 3.63) is 47.4 Å². The van der Waals surface area contributed by atoms with Crippen LogP contribution in [0.1, 0.15) is 19.3 Å². The summed E-state index contributed by atoms with van der Waals surface area (Å²) in [7, 11) is 0. The molecule has 0 saturated carbocycles. The van der Waals surface area contributed by atoms with Crippen LogP contribution in [-0.4, -0.2) is 42.2 Å². The summed E-state index contributed by atoms with van der Waals surface area (Å²) in [6.45, 7) is 0. The Labute approximate surface area is 172 Å². The number of alkyl halides is 7. The van der Waals surface area contributed by atoms with Crippen LogP contribution in [0.5, 0.6) is 0 Å². The quantitative estimate of drug-likeness (QED) is 0.410. The summed E-state index contributed by atoms with van der Waals surface area (Å²) in [5.41, 5.74) is 3.01. The molecule has 0 aromatic rings. The lowest BCUT2D eigenvalue weighted by molar-refractivity contribution is -0.121. The minimum absolute atomic E-state index is 0.221. The second-order valence-corrected chi connectivity index (χ2v) is 7.13. The molecular formula is C19H19F8N3O. The molecule has 0 aliphatic heterocycles. The van der Waals surface area contributed by atoms with Gasteiger partial charge in [0.15, 0.2) is 0 Å². The Morgan fingerprint density at radius 1 is 1.19 bits per heavy atom. The molecule has 172 valence electrons. The van der Waals surface area contributed by atoms with E-state index in [1.165, 1.54) is 0 Å². The van der Waals surface area contributed by atoms with Gasteiger partial charge in [0.2, 0.25) is 5.91 Å². The summed E-state index contributed by atoms with van der Waals surface area (Å²) in [5, 5.41) is 9.04. The normalized spacial score (nSPS) is 24.0. The maximum absolute atomic E-state index is 14.4. The lowest BCUT2D eigenvalue weighted by atomic mass is 9.82. The van der Waals surface area contributed by atoms with Crippen molar-refractivity contribution in [2.45, 2.75) is 49.9 Å². The van der Waals surface area contributed by atoms with Crippen LogP contribution in [0.25, 0.3) is 0 Å². The largest absolute Gasteiger partial charge is 0.429 e. The van der Waals surface area contributed by atoms with Gasteiger partial charge in [-0.15, -0.1) is 0 Å². The van der Waals surface area contributed by atoms with E-state index >= 15 is 0 Å². The lowest BCUT2D eigenvalue weighted by Crippen LogP contribution is -2.53. The summed E-state index contributed by atoms with van der Waals surface area (Å²) in [6.07, 6.45) is -8.83. The molecule has 0 radical (unpaired) electrons. The number of allylic oxidation sites excluding steroid dienone is 5. The molecule has 0 bridgehead atoms. The Hall–Kier alpha value is -2.50. The number of halogens is 8. The van der Waals surface area contributed by atoms with Crippen LogP contribution < -0.4 is 11.1 Å². The van der Waals surface area contributed by atoms with Gasteiger partial charge in [0, 0.05) is 18.0 Å². The molecule has 12 heteroatoms. The number of carbonyl (C=O) groups is 1. The van der Waals surface area contributed by atoms with Crippen LogP contribution in [0, 0.1) is 11.3 Å². The van der Waals surface area contributed by atoms with Crippen LogP contribution in [0.4, 0.5) is 35.1 Å². The fourth-order valence-electron chi connectivity index (χ4n) is 3.17. The van der Waals surface area contributed by atoms with Gasteiger partial charge in [0.1, 0.15) is 17.7 Å². The first kappa shape index (κ1) is 24.8. The molecule has 0 saturated heterocycles. The summed E-state index contributed by atoms with van der Waals surface area (Å²) >= 11 is 0. The predicted octanol–water partition coefficient (Wildman–Crippen LogP) is 4.36. The van der Waals surface area contributed by atoms with E-state index < -0.39 is 72.4 Å². The number of carbonyl (C=O) groups excluding carboxylic acids is 1. The summed E-state index contributed by atoms with van der Waals surface area (Å²) in [6, 6.07) is -2.69. The molecular weight excluding hydrogens is 438 g/mol. The van der Waals surface area contributed by atoms with Gasteiger partial charge in [-0.25, -0.2) is 8.78 Å². The van der Waals surface area contributed by atoms with Crippen molar-refractivity contribution in [2.24, 2.45) is 11.7 Å². The average molecular weight is 457 g/mol. The van der Waals surface area contributed by atoms with Crippen molar-refractivity contribution in [3.63, 3.8) is 0 Å². The van der Waals surface area contributed by atoms with E-state index in [2.05, 4.69) is 5.32 Å². The van der Waals surface area contributed by atoms with Crippen molar-refractivity contribution in [1.82, 2.24) is 5.32 Å². The Morgan fingerprint density at radius 2 is 1.84 bits per heavy atom. The fraction of sp³-hybridized carbons (Fsp3) is 0.474. The molecule has 4 N–H and O–H groups in total. The average Bonchev–Trinajstić information content (AvgIpc) is 2.64. The smallest absolute Gasteiger partial charge is 0.347 e. The maximum Gasteiger partial charge on any atom is 0.429 e. The molecule has 4 nitrogen and oxygen atoms in total. The van der Waals surface area contributed by atoms with Gasteiger partial charge in [-0.3, -0.25) is 4.79 Å². The first-order valence-corrected chi connectivity index (χ1v) is 9.06. The van der Waals surface area contributed by atoms with Gasteiger partial charge < -0.3 is 16.5 Å². The zero-order chi connectivity index (χ0) is 23.6. The molecule has 4 atom stereocenters. The minimum atomic E-state index is -5.05. The Bertz CT molecular complexity index is 838. The third-order valence-electron chi connectivity index (χ3n) is 4.84. The van der Waals surface area contributed by atoms with Gasteiger partial charge in [-0.1, -0.05) is 24.3 Å². The molecule has 1 amide bonds. The maximum atomic E-state index is 14.4. The molecule has 31 heavy (non-hydrogen) atoms. The van der Waals surface area contributed by atoms with E-state index in [9.17, 15) is 39.9 Å². The van der Waals surface area contributed by atoms with Crippen molar-refractivity contribution in [2.75, 3.05) is 0 Å².